The molecular formula is C19H34N2. The van der Waals surface area contributed by atoms with Crippen molar-refractivity contribution in [3.05, 3.63) is 0 Å². The van der Waals surface area contributed by atoms with Gasteiger partial charge in [-0.1, -0.05) is 41.0 Å². The highest BCUT2D eigenvalue weighted by Crippen LogP contribution is 2.43. The van der Waals surface area contributed by atoms with Gasteiger partial charge in [-0.3, -0.25) is 4.90 Å². The molecule has 0 amide bonds. The van der Waals surface area contributed by atoms with Crippen molar-refractivity contribution in [2.24, 2.45) is 22.7 Å². The minimum absolute atomic E-state index is 0.259. The zero-order chi connectivity index (χ0) is 15.7. The van der Waals surface area contributed by atoms with Crippen LogP contribution in [-0.2, 0) is 0 Å². The van der Waals surface area contributed by atoms with Crippen molar-refractivity contribution >= 4 is 0 Å². The lowest BCUT2D eigenvalue weighted by Gasteiger charge is -2.48. The Morgan fingerprint density at radius 1 is 1.19 bits per heavy atom. The van der Waals surface area contributed by atoms with Gasteiger partial charge < -0.3 is 0 Å². The molecule has 1 saturated carbocycles. The van der Waals surface area contributed by atoms with Gasteiger partial charge in [0.2, 0.25) is 0 Å². The number of piperidine rings is 1. The fourth-order valence-corrected chi connectivity index (χ4v) is 4.24. The monoisotopic (exact) mass is 290 g/mol. The maximum atomic E-state index is 9.55. The molecule has 2 fully saturated rings. The van der Waals surface area contributed by atoms with Crippen LogP contribution in [0.3, 0.4) is 0 Å². The van der Waals surface area contributed by atoms with Crippen LogP contribution in [0.4, 0.5) is 0 Å². The predicted octanol–water partition coefficient (Wildman–Crippen LogP) is 4.85. The van der Waals surface area contributed by atoms with E-state index in [-0.39, 0.29) is 5.92 Å². The topological polar surface area (TPSA) is 27.0 Å². The normalized spacial score (nSPS) is 34.4. The van der Waals surface area contributed by atoms with Gasteiger partial charge in [-0.15, -0.1) is 0 Å². The van der Waals surface area contributed by atoms with Crippen molar-refractivity contribution in [1.82, 2.24) is 4.90 Å². The van der Waals surface area contributed by atoms with Crippen molar-refractivity contribution in [1.29, 1.82) is 5.26 Å². The molecule has 21 heavy (non-hydrogen) atoms. The van der Waals surface area contributed by atoms with Gasteiger partial charge in [0.15, 0.2) is 0 Å². The van der Waals surface area contributed by atoms with E-state index < -0.39 is 0 Å². The summed E-state index contributed by atoms with van der Waals surface area (Å²) >= 11 is 0. The van der Waals surface area contributed by atoms with Crippen molar-refractivity contribution < 1.29 is 0 Å². The van der Waals surface area contributed by atoms with Crippen LogP contribution in [0.1, 0.15) is 73.1 Å². The lowest BCUT2D eigenvalue weighted by molar-refractivity contribution is 0.0196. The molecule has 0 spiro atoms. The zero-order valence-corrected chi connectivity index (χ0v) is 14.8. The first kappa shape index (κ1) is 16.8. The standard InChI is InChI=1S/C19H34N2/c1-6-19(5)9-11-21(12-10-19)17-13-16(18(2,3)4)8-7-15(17)14-20/h15-17H,6-13H2,1-5H3. The highest BCUT2D eigenvalue weighted by molar-refractivity contribution is 5.00. The molecule has 120 valence electrons. The Labute approximate surface area is 131 Å². The third kappa shape index (κ3) is 3.81. The third-order valence-corrected chi connectivity index (χ3v) is 6.53. The fourth-order valence-electron chi connectivity index (χ4n) is 4.24. The van der Waals surface area contributed by atoms with Crippen LogP contribution < -0.4 is 0 Å². The van der Waals surface area contributed by atoms with Crippen molar-refractivity contribution in [3.63, 3.8) is 0 Å². The SMILES string of the molecule is CCC1(C)CCN(C2CC(C(C)(C)C)CCC2C#N)CC1. The van der Waals surface area contributed by atoms with Crippen LogP contribution in [0.2, 0.25) is 0 Å². The predicted molar refractivity (Wildman–Crippen MR) is 88.9 cm³/mol. The van der Waals surface area contributed by atoms with Gasteiger partial charge in [-0.05, 0) is 61.9 Å². The van der Waals surface area contributed by atoms with Crippen LogP contribution in [0.5, 0.6) is 0 Å². The number of hydrogen-bond acceptors (Lipinski definition) is 2. The molecule has 2 aliphatic rings. The quantitative estimate of drug-likeness (QED) is 0.726. The summed E-state index contributed by atoms with van der Waals surface area (Å²) in [6.07, 6.45) is 7.46. The van der Waals surface area contributed by atoms with Crippen molar-refractivity contribution in [3.8, 4) is 6.07 Å². The summed E-state index contributed by atoms with van der Waals surface area (Å²) in [5, 5.41) is 9.55. The number of likely N-dealkylation sites (tertiary alicyclic amines) is 1. The lowest BCUT2D eigenvalue weighted by atomic mass is 9.67. The van der Waals surface area contributed by atoms with E-state index in [0.29, 0.717) is 16.9 Å². The number of rotatable bonds is 2. The first-order valence-electron chi connectivity index (χ1n) is 8.93. The molecule has 2 nitrogen and oxygen atoms in total. The minimum atomic E-state index is 0.259. The molecule has 0 bridgehead atoms. The van der Waals surface area contributed by atoms with E-state index in [1.54, 1.807) is 0 Å². The largest absolute Gasteiger partial charge is 0.299 e. The Morgan fingerprint density at radius 2 is 1.81 bits per heavy atom. The van der Waals surface area contributed by atoms with Gasteiger partial charge >= 0.3 is 0 Å². The smallest absolute Gasteiger partial charge is 0.0672 e. The maximum Gasteiger partial charge on any atom is 0.0672 e. The molecule has 0 N–H and O–H groups in total. The van der Waals surface area contributed by atoms with E-state index >= 15 is 0 Å². The van der Waals surface area contributed by atoms with Crippen LogP contribution in [-0.4, -0.2) is 24.0 Å². The molecule has 3 atom stereocenters. The summed E-state index contributed by atoms with van der Waals surface area (Å²) in [7, 11) is 0. The second-order valence-corrected chi connectivity index (χ2v) is 8.88. The van der Waals surface area contributed by atoms with Crippen molar-refractivity contribution in [2.75, 3.05) is 13.1 Å². The fraction of sp³-hybridized carbons (Fsp3) is 0.947. The molecule has 1 aliphatic carbocycles. The van der Waals surface area contributed by atoms with Gasteiger partial charge in [0.05, 0.1) is 12.0 Å². The van der Waals surface area contributed by atoms with E-state index in [4.69, 9.17) is 0 Å². The zero-order valence-electron chi connectivity index (χ0n) is 14.8. The van der Waals surface area contributed by atoms with Gasteiger partial charge in [-0.2, -0.15) is 5.26 Å². The van der Waals surface area contributed by atoms with E-state index in [2.05, 4.69) is 45.6 Å². The summed E-state index contributed by atoms with van der Waals surface area (Å²) in [6, 6.07) is 3.13. The molecule has 2 heteroatoms. The number of nitriles is 1. The Bertz CT molecular complexity index is 379. The summed E-state index contributed by atoms with van der Waals surface area (Å²) in [5.74, 6) is 1.03. The highest BCUT2D eigenvalue weighted by atomic mass is 15.2. The van der Waals surface area contributed by atoms with E-state index in [9.17, 15) is 5.26 Å². The first-order valence-corrected chi connectivity index (χ1v) is 8.93. The number of hydrogen-bond donors (Lipinski definition) is 0. The van der Waals surface area contributed by atoms with Gasteiger partial charge in [0.25, 0.3) is 0 Å². The summed E-state index contributed by atoms with van der Waals surface area (Å²) in [5.41, 5.74) is 0.920. The van der Waals surface area contributed by atoms with Crippen LogP contribution >= 0.6 is 0 Å². The Kier molecular flexibility index (Phi) is 5.03. The molecule has 2 rings (SSSR count). The maximum absolute atomic E-state index is 9.55. The average molecular weight is 290 g/mol. The molecule has 0 aromatic carbocycles. The minimum Gasteiger partial charge on any atom is -0.299 e. The highest BCUT2D eigenvalue weighted by Gasteiger charge is 2.40. The summed E-state index contributed by atoms with van der Waals surface area (Å²) < 4.78 is 0. The molecule has 1 aliphatic heterocycles. The molecule has 1 heterocycles. The molecule has 1 saturated heterocycles. The summed E-state index contributed by atoms with van der Waals surface area (Å²) in [4.78, 5) is 2.66. The van der Waals surface area contributed by atoms with E-state index in [1.807, 2.05) is 0 Å². The van der Waals surface area contributed by atoms with Gasteiger partial charge in [-0.25, -0.2) is 0 Å². The van der Waals surface area contributed by atoms with Crippen LogP contribution in [0.15, 0.2) is 0 Å². The van der Waals surface area contributed by atoms with Crippen LogP contribution in [0.25, 0.3) is 0 Å². The molecule has 0 aromatic heterocycles. The molecule has 0 aromatic rings. The average Bonchev–Trinajstić information content (AvgIpc) is 2.46. The van der Waals surface area contributed by atoms with E-state index in [1.165, 1.54) is 45.2 Å². The number of nitrogens with zero attached hydrogens (tertiary/aromatic N) is 2. The second kappa shape index (κ2) is 6.29. The molecule has 0 radical (unpaired) electrons. The molecular weight excluding hydrogens is 256 g/mol. The van der Waals surface area contributed by atoms with Gasteiger partial charge in [0, 0.05) is 6.04 Å². The first-order chi connectivity index (χ1) is 9.79. The van der Waals surface area contributed by atoms with Crippen LogP contribution in [0, 0.1) is 34.0 Å². The summed E-state index contributed by atoms with van der Waals surface area (Å²) in [6.45, 7) is 14.3. The second-order valence-electron chi connectivity index (χ2n) is 8.88. The molecule has 3 unspecified atom stereocenters. The van der Waals surface area contributed by atoms with E-state index in [0.717, 1.165) is 12.3 Å². The Balaban J connectivity index is 2.04. The van der Waals surface area contributed by atoms with Crippen molar-refractivity contribution in [2.45, 2.75) is 79.2 Å². The Morgan fingerprint density at radius 3 is 2.29 bits per heavy atom. The third-order valence-electron chi connectivity index (χ3n) is 6.53. The van der Waals surface area contributed by atoms with Gasteiger partial charge in [0.1, 0.15) is 0 Å². The lowest BCUT2D eigenvalue weighted by Crippen LogP contribution is -2.50. The Hall–Kier alpha value is -0.550.